The van der Waals surface area contributed by atoms with Crippen LogP contribution in [-0.4, -0.2) is 7.11 Å². The highest BCUT2D eigenvalue weighted by atomic mass is 16.5. The topological polar surface area (TPSA) is 33.0 Å². The van der Waals surface area contributed by atoms with Crippen LogP contribution in [0.4, 0.5) is 0 Å². The zero-order valence-electron chi connectivity index (χ0n) is 8.29. The van der Waals surface area contributed by atoms with Crippen molar-refractivity contribution in [3.8, 4) is 6.07 Å². The van der Waals surface area contributed by atoms with Gasteiger partial charge in [-0.25, -0.2) is 0 Å². The number of nitriles is 1. The summed E-state index contributed by atoms with van der Waals surface area (Å²) in [4.78, 5) is 0. The van der Waals surface area contributed by atoms with Crippen molar-refractivity contribution in [1.29, 1.82) is 5.26 Å². The van der Waals surface area contributed by atoms with E-state index in [0.717, 1.165) is 18.4 Å². The third kappa shape index (κ3) is 1.40. The molecule has 2 nitrogen and oxygen atoms in total. The van der Waals surface area contributed by atoms with Gasteiger partial charge in [0.1, 0.15) is 0 Å². The molecule has 1 saturated carbocycles. The average Bonchev–Trinajstić information content (AvgIpc) is 3.00. The molecule has 0 saturated heterocycles. The van der Waals surface area contributed by atoms with Crippen molar-refractivity contribution in [2.45, 2.75) is 24.9 Å². The fourth-order valence-electron chi connectivity index (χ4n) is 1.90. The summed E-state index contributed by atoms with van der Waals surface area (Å²) in [6, 6.07) is 10.3. The van der Waals surface area contributed by atoms with Gasteiger partial charge in [-0.1, -0.05) is 24.3 Å². The quantitative estimate of drug-likeness (QED) is 0.727. The Hall–Kier alpha value is -1.33. The van der Waals surface area contributed by atoms with E-state index in [1.807, 2.05) is 18.2 Å². The molecule has 1 aromatic carbocycles. The van der Waals surface area contributed by atoms with E-state index in [1.54, 1.807) is 7.11 Å². The molecule has 1 aromatic rings. The number of nitrogens with zero attached hydrogens (tertiary/aromatic N) is 1. The molecule has 0 heterocycles. The van der Waals surface area contributed by atoms with Gasteiger partial charge in [-0.2, -0.15) is 5.26 Å². The smallest absolute Gasteiger partial charge is 0.0932 e. The molecule has 0 N–H and O–H groups in total. The molecule has 1 aliphatic carbocycles. The number of ether oxygens (including phenoxy) is 1. The lowest BCUT2D eigenvalue weighted by molar-refractivity contribution is 0.0782. The molecule has 0 aliphatic heterocycles. The second-order valence-electron chi connectivity index (χ2n) is 3.69. The Morgan fingerprint density at radius 3 is 2.71 bits per heavy atom. The predicted octanol–water partition coefficient (Wildman–Crippen LogP) is 2.39. The summed E-state index contributed by atoms with van der Waals surface area (Å²) < 4.78 is 5.51. The van der Waals surface area contributed by atoms with Crippen molar-refractivity contribution in [3.63, 3.8) is 0 Å². The van der Waals surface area contributed by atoms with E-state index < -0.39 is 0 Å². The third-order valence-corrected chi connectivity index (χ3v) is 2.87. The summed E-state index contributed by atoms with van der Waals surface area (Å²) in [7, 11) is 1.75. The molecular weight excluding hydrogens is 174 g/mol. The van der Waals surface area contributed by atoms with E-state index in [4.69, 9.17) is 10.00 Å². The molecule has 72 valence electrons. The molecule has 0 amide bonds. The number of hydrogen-bond donors (Lipinski definition) is 0. The SMILES string of the molecule is COC1(c2ccccc2CC#N)CC1. The van der Waals surface area contributed by atoms with Crippen molar-refractivity contribution in [1.82, 2.24) is 0 Å². The van der Waals surface area contributed by atoms with Crippen molar-refractivity contribution in [2.75, 3.05) is 7.11 Å². The van der Waals surface area contributed by atoms with Crippen molar-refractivity contribution in [3.05, 3.63) is 35.4 Å². The Morgan fingerprint density at radius 1 is 1.43 bits per heavy atom. The Morgan fingerprint density at radius 2 is 2.14 bits per heavy atom. The van der Waals surface area contributed by atoms with Crippen LogP contribution in [0.2, 0.25) is 0 Å². The lowest BCUT2D eigenvalue weighted by Crippen LogP contribution is -2.11. The minimum atomic E-state index is -0.0759. The zero-order chi connectivity index (χ0) is 10.0. The first kappa shape index (κ1) is 9.23. The maximum atomic E-state index is 8.71. The third-order valence-electron chi connectivity index (χ3n) is 2.87. The maximum absolute atomic E-state index is 8.71. The molecule has 0 spiro atoms. The molecule has 0 unspecified atom stereocenters. The minimum absolute atomic E-state index is 0.0759. The first-order valence-corrected chi connectivity index (χ1v) is 4.83. The van der Waals surface area contributed by atoms with Gasteiger partial charge in [-0.3, -0.25) is 0 Å². The first-order chi connectivity index (χ1) is 6.82. The largest absolute Gasteiger partial charge is 0.374 e. The summed E-state index contributed by atoms with van der Waals surface area (Å²) in [5.41, 5.74) is 2.23. The molecule has 0 atom stereocenters. The summed E-state index contributed by atoms with van der Waals surface area (Å²) in [6.07, 6.45) is 2.62. The Kier molecular flexibility index (Phi) is 2.26. The van der Waals surface area contributed by atoms with Crippen LogP contribution in [-0.2, 0) is 16.8 Å². The molecule has 0 aromatic heterocycles. The maximum Gasteiger partial charge on any atom is 0.0932 e. The van der Waals surface area contributed by atoms with Crippen LogP contribution in [0.3, 0.4) is 0 Å². The summed E-state index contributed by atoms with van der Waals surface area (Å²) >= 11 is 0. The Bertz CT molecular complexity index is 374. The molecule has 0 bridgehead atoms. The van der Waals surface area contributed by atoms with Crippen LogP contribution >= 0.6 is 0 Å². The van der Waals surface area contributed by atoms with Crippen LogP contribution in [0, 0.1) is 11.3 Å². The molecule has 1 fully saturated rings. The monoisotopic (exact) mass is 187 g/mol. The number of rotatable bonds is 3. The van der Waals surface area contributed by atoms with Crippen molar-refractivity contribution in [2.24, 2.45) is 0 Å². The highest BCUT2D eigenvalue weighted by Crippen LogP contribution is 2.49. The van der Waals surface area contributed by atoms with Crippen LogP contribution in [0.1, 0.15) is 24.0 Å². The highest BCUT2D eigenvalue weighted by Gasteiger charge is 2.45. The summed E-state index contributed by atoms with van der Waals surface area (Å²) in [5, 5.41) is 8.71. The number of hydrogen-bond acceptors (Lipinski definition) is 2. The van der Waals surface area contributed by atoms with E-state index >= 15 is 0 Å². The standard InChI is InChI=1S/C12H13NO/c1-14-12(7-8-12)11-5-3-2-4-10(11)6-9-13/h2-5H,6-8H2,1H3. The summed E-state index contributed by atoms with van der Waals surface area (Å²) in [6.45, 7) is 0. The van der Waals surface area contributed by atoms with Gasteiger partial charge < -0.3 is 4.74 Å². The Balaban J connectivity index is 2.38. The van der Waals surface area contributed by atoms with E-state index in [9.17, 15) is 0 Å². The lowest BCUT2D eigenvalue weighted by atomic mass is 9.99. The fraction of sp³-hybridized carbons (Fsp3) is 0.417. The van der Waals surface area contributed by atoms with E-state index in [-0.39, 0.29) is 5.60 Å². The zero-order valence-corrected chi connectivity index (χ0v) is 8.29. The van der Waals surface area contributed by atoms with Gasteiger partial charge in [0.25, 0.3) is 0 Å². The van der Waals surface area contributed by atoms with Gasteiger partial charge in [0, 0.05) is 7.11 Å². The second-order valence-corrected chi connectivity index (χ2v) is 3.69. The van der Waals surface area contributed by atoms with Crippen LogP contribution in [0.25, 0.3) is 0 Å². The molecule has 2 rings (SSSR count). The van der Waals surface area contributed by atoms with Crippen molar-refractivity contribution >= 4 is 0 Å². The Labute approximate surface area is 84.1 Å². The number of methoxy groups -OCH3 is 1. The van der Waals surface area contributed by atoms with Crippen LogP contribution in [0.15, 0.2) is 24.3 Å². The molecule has 2 heteroatoms. The fourth-order valence-corrected chi connectivity index (χ4v) is 1.90. The van der Waals surface area contributed by atoms with Crippen LogP contribution < -0.4 is 0 Å². The second kappa shape index (κ2) is 3.43. The number of benzene rings is 1. The average molecular weight is 187 g/mol. The molecule has 1 aliphatic rings. The van der Waals surface area contributed by atoms with Gasteiger partial charge >= 0.3 is 0 Å². The van der Waals surface area contributed by atoms with E-state index in [2.05, 4.69) is 12.1 Å². The molecule has 0 radical (unpaired) electrons. The highest BCUT2D eigenvalue weighted by molar-refractivity contribution is 5.37. The van der Waals surface area contributed by atoms with Gasteiger partial charge in [0.15, 0.2) is 0 Å². The first-order valence-electron chi connectivity index (χ1n) is 4.83. The minimum Gasteiger partial charge on any atom is -0.374 e. The van der Waals surface area contributed by atoms with Gasteiger partial charge in [0.05, 0.1) is 18.1 Å². The van der Waals surface area contributed by atoms with E-state index in [1.165, 1.54) is 5.56 Å². The van der Waals surface area contributed by atoms with Gasteiger partial charge in [-0.15, -0.1) is 0 Å². The normalized spacial score (nSPS) is 17.4. The van der Waals surface area contributed by atoms with Crippen LogP contribution in [0.5, 0.6) is 0 Å². The van der Waals surface area contributed by atoms with Gasteiger partial charge in [0.2, 0.25) is 0 Å². The lowest BCUT2D eigenvalue weighted by Gasteiger charge is -2.16. The molecular formula is C12H13NO. The predicted molar refractivity (Wildman–Crippen MR) is 53.7 cm³/mol. The van der Waals surface area contributed by atoms with E-state index in [0.29, 0.717) is 6.42 Å². The van der Waals surface area contributed by atoms with Crippen molar-refractivity contribution < 1.29 is 4.74 Å². The summed E-state index contributed by atoms with van der Waals surface area (Å²) in [5.74, 6) is 0. The molecule has 14 heavy (non-hydrogen) atoms. The van der Waals surface area contributed by atoms with Gasteiger partial charge in [-0.05, 0) is 24.0 Å².